The predicted octanol–water partition coefficient (Wildman–Crippen LogP) is 0.161. The standard InChI is InChI=1S/C10H11N3O2/c1-15-10-3-2-7(5-12-10)4-8-11-6-9(14)13-8/h2-3,5H,4,6H2,1H3,(H,11,13,14). The van der Waals surface area contributed by atoms with Gasteiger partial charge >= 0.3 is 0 Å². The van der Waals surface area contributed by atoms with E-state index in [2.05, 4.69) is 15.3 Å². The van der Waals surface area contributed by atoms with Gasteiger partial charge in [-0.25, -0.2) is 4.98 Å². The van der Waals surface area contributed by atoms with Crippen LogP contribution < -0.4 is 10.1 Å². The molecule has 5 nitrogen and oxygen atoms in total. The molecule has 1 aliphatic heterocycles. The monoisotopic (exact) mass is 205 g/mol. The fraction of sp³-hybridized carbons (Fsp3) is 0.300. The highest BCUT2D eigenvalue weighted by atomic mass is 16.5. The number of hydrogen-bond acceptors (Lipinski definition) is 4. The molecule has 1 aliphatic rings. The molecule has 0 aliphatic carbocycles. The van der Waals surface area contributed by atoms with Crippen molar-refractivity contribution in [3.8, 4) is 5.88 Å². The summed E-state index contributed by atoms with van der Waals surface area (Å²) in [6.07, 6.45) is 2.31. The molecule has 5 heteroatoms. The van der Waals surface area contributed by atoms with E-state index in [-0.39, 0.29) is 12.5 Å². The average molecular weight is 205 g/mol. The molecule has 78 valence electrons. The number of aliphatic imine (C=N–C) groups is 1. The largest absolute Gasteiger partial charge is 0.481 e. The van der Waals surface area contributed by atoms with Crippen LogP contribution in [0, 0.1) is 0 Å². The van der Waals surface area contributed by atoms with Crippen molar-refractivity contribution < 1.29 is 9.53 Å². The van der Waals surface area contributed by atoms with Crippen molar-refractivity contribution in [2.24, 2.45) is 4.99 Å². The molecule has 0 atom stereocenters. The van der Waals surface area contributed by atoms with Crippen LogP contribution in [0.15, 0.2) is 23.3 Å². The van der Waals surface area contributed by atoms with E-state index in [9.17, 15) is 4.79 Å². The number of methoxy groups -OCH3 is 1. The quantitative estimate of drug-likeness (QED) is 0.764. The number of carbonyl (C=O) groups is 1. The van der Waals surface area contributed by atoms with Gasteiger partial charge in [-0.1, -0.05) is 6.07 Å². The molecule has 0 spiro atoms. The summed E-state index contributed by atoms with van der Waals surface area (Å²) in [4.78, 5) is 19.0. The second-order valence-electron chi connectivity index (χ2n) is 3.20. The van der Waals surface area contributed by atoms with E-state index in [1.807, 2.05) is 6.07 Å². The molecular weight excluding hydrogens is 194 g/mol. The number of hydrogen-bond donors (Lipinski definition) is 1. The lowest BCUT2D eigenvalue weighted by Gasteiger charge is -2.02. The number of rotatable bonds is 3. The van der Waals surface area contributed by atoms with Crippen molar-refractivity contribution in [1.29, 1.82) is 0 Å². The first-order chi connectivity index (χ1) is 7.28. The van der Waals surface area contributed by atoms with E-state index in [4.69, 9.17) is 4.74 Å². The lowest BCUT2D eigenvalue weighted by atomic mass is 10.2. The third-order valence-electron chi connectivity index (χ3n) is 2.08. The molecule has 0 saturated carbocycles. The Morgan fingerprint density at radius 3 is 2.93 bits per heavy atom. The van der Waals surface area contributed by atoms with E-state index < -0.39 is 0 Å². The molecule has 0 aromatic carbocycles. The van der Waals surface area contributed by atoms with Gasteiger partial charge in [0.15, 0.2) is 0 Å². The molecule has 0 bridgehead atoms. The molecule has 2 heterocycles. The zero-order chi connectivity index (χ0) is 10.7. The Bertz CT molecular complexity index is 398. The van der Waals surface area contributed by atoms with Crippen LogP contribution in [0.3, 0.4) is 0 Å². The number of amidine groups is 1. The minimum absolute atomic E-state index is 0.0496. The number of nitrogens with zero attached hydrogens (tertiary/aromatic N) is 2. The van der Waals surface area contributed by atoms with Crippen molar-refractivity contribution in [1.82, 2.24) is 10.3 Å². The van der Waals surface area contributed by atoms with Crippen molar-refractivity contribution in [2.45, 2.75) is 6.42 Å². The van der Waals surface area contributed by atoms with Gasteiger partial charge < -0.3 is 10.1 Å². The summed E-state index contributed by atoms with van der Waals surface area (Å²) >= 11 is 0. The van der Waals surface area contributed by atoms with Crippen LogP contribution in [0.2, 0.25) is 0 Å². The van der Waals surface area contributed by atoms with Crippen LogP contribution in [0.5, 0.6) is 5.88 Å². The first kappa shape index (κ1) is 9.64. The highest BCUT2D eigenvalue weighted by Gasteiger charge is 2.13. The summed E-state index contributed by atoms with van der Waals surface area (Å²) < 4.78 is 4.95. The van der Waals surface area contributed by atoms with Crippen LogP contribution in [0.25, 0.3) is 0 Å². The summed E-state index contributed by atoms with van der Waals surface area (Å²) in [6.45, 7) is 0.235. The summed E-state index contributed by atoms with van der Waals surface area (Å²) in [7, 11) is 1.57. The van der Waals surface area contributed by atoms with E-state index in [0.29, 0.717) is 18.1 Å². The Morgan fingerprint density at radius 1 is 1.53 bits per heavy atom. The lowest BCUT2D eigenvalue weighted by Crippen LogP contribution is -2.25. The maximum atomic E-state index is 10.9. The van der Waals surface area contributed by atoms with Gasteiger partial charge in [0.1, 0.15) is 12.4 Å². The van der Waals surface area contributed by atoms with Gasteiger partial charge in [0.2, 0.25) is 11.8 Å². The van der Waals surface area contributed by atoms with Gasteiger partial charge in [-0.3, -0.25) is 9.79 Å². The van der Waals surface area contributed by atoms with Crippen molar-refractivity contribution in [3.63, 3.8) is 0 Å². The zero-order valence-corrected chi connectivity index (χ0v) is 8.36. The Labute approximate surface area is 87.2 Å². The smallest absolute Gasteiger partial charge is 0.247 e. The van der Waals surface area contributed by atoms with Gasteiger partial charge in [-0.15, -0.1) is 0 Å². The molecule has 1 amide bonds. The van der Waals surface area contributed by atoms with Crippen molar-refractivity contribution in [3.05, 3.63) is 23.9 Å². The topological polar surface area (TPSA) is 63.6 Å². The second-order valence-corrected chi connectivity index (χ2v) is 3.20. The highest BCUT2D eigenvalue weighted by molar-refractivity contribution is 6.04. The zero-order valence-electron chi connectivity index (χ0n) is 8.36. The van der Waals surface area contributed by atoms with Gasteiger partial charge in [-0.05, 0) is 5.56 Å². The SMILES string of the molecule is COc1ccc(CC2=NCC(=O)N2)cn1. The maximum Gasteiger partial charge on any atom is 0.247 e. The van der Waals surface area contributed by atoms with Crippen LogP contribution in [-0.2, 0) is 11.2 Å². The molecule has 15 heavy (non-hydrogen) atoms. The number of carbonyl (C=O) groups excluding carboxylic acids is 1. The van der Waals surface area contributed by atoms with Crippen molar-refractivity contribution >= 4 is 11.7 Å². The first-order valence-electron chi connectivity index (χ1n) is 4.60. The molecule has 0 saturated heterocycles. The van der Waals surface area contributed by atoms with Crippen LogP contribution in [0.1, 0.15) is 5.56 Å². The van der Waals surface area contributed by atoms with E-state index in [1.54, 1.807) is 19.4 Å². The van der Waals surface area contributed by atoms with Gasteiger partial charge in [-0.2, -0.15) is 0 Å². The minimum atomic E-state index is -0.0496. The van der Waals surface area contributed by atoms with Gasteiger partial charge in [0, 0.05) is 18.7 Å². The Hall–Kier alpha value is -1.91. The second kappa shape index (κ2) is 4.08. The summed E-state index contributed by atoms with van der Waals surface area (Å²) in [6, 6.07) is 3.69. The number of amides is 1. The maximum absolute atomic E-state index is 10.9. The molecule has 2 rings (SSSR count). The third kappa shape index (κ3) is 2.31. The summed E-state index contributed by atoms with van der Waals surface area (Å²) in [5.74, 6) is 1.23. The third-order valence-corrected chi connectivity index (χ3v) is 2.08. The Kier molecular flexibility index (Phi) is 2.62. The van der Waals surface area contributed by atoms with Gasteiger partial charge in [0.25, 0.3) is 0 Å². The molecule has 1 aromatic heterocycles. The van der Waals surface area contributed by atoms with Crippen LogP contribution >= 0.6 is 0 Å². The fourth-order valence-electron chi connectivity index (χ4n) is 1.34. The number of pyridine rings is 1. The minimum Gasteiger partial charge on any atom is -0.481 e. The lowest BCUT2D eigenvalue weighted by molar-refractivity contribution is -0.117. The average Bonchev–Trinajstić information content (AvgIpc) is 2.65. The van der Waals surface area contributed by atoms with Crippen LogP contribution in [-0.4, -0.2) is 30.4 Å². The van der Waals surface area contributed by atoms with E-state index in [0.717, 1.165) is 5.56 Å². The molecule has 1 aromatic rings. The Balaban J connectivity index is 2.02. The molecule has 0 fully saturated rings. The van der Waals surface area contributed by atoms with E-state index >= 15 is 0 Å². The Morgan fingerprint density at radius 2 is 2.40 bits per heavy atom. The molecule has 0 unspecified atom stereocenters. The fourth-order valence-corrected chi connectivity index (χ4v) is 1.34. The predicted molar refractivity (Wildman–Crippen MR) is 54.9 cm³/mol. The summed E-state index contributed by atoms with van der Waals surface area (Å²) in [5.41, 5.74) is 0.997. The highest BCUT2D eigenvalue weighted by Crippen LogP contribution is 2.08. The van der Waals surface area contributed by atoms with E-state index in [1.165, 1.54) is 0 Å². The first-order valence-corrected chi connectivity index (χ1v) is 4.60. The van der Waals surface area contributed by atoms with Gasteiger partial charge in [0.05, 0.1) is 7.11 Å². The number of ether oxygens (including phenoxy) is 1. The molecule has 1 N–H and O–H groups in total. The number of aromatic nitrogens is 1. The normalized spacial score (nSPS) is 14.7. The number of nitrogens with one attached hydrogen (secondary N) is 1. The summed E-state index contributed by atoms with van der Waals surface area (Å²) in [5, 5.41) is 2.68. The van der Waals surface area contributed by atoms with Crippen LogP contribution in [0.4, 0.5) is 0 Å². The molecular formula is C10H11N3O2. The van der Waals surface area contributed by atoms with Crippen molar-refractivity contribution in [2.75, 3.05) is 13.7 Å². The molecule has 0 radical (unpaired) electrons.